The molecule has 1 aromatic rings. The fraction of sp³-hybridized carbons (Fsp3) is 0.471. The lowest BCUT2D eigenvalue weighted by Gasteiger charge is -2.33. The molecule has 27 heavy (non-hydrogen) atoms. The normalized spacial score (nSPS) is 24.6. The van der Waals surface area contributed by atoms with Crippen molar-refractivity contribution in [1.82, 2.24) is 15.8 Å². The first-order chi connectivity index (χ1) is 12.8. The Morgan fingerprint density at radius 3 is 2.59 bits per heavy atom. The van der Waals surface area contributed by atoms with Crippen LogP contribution in [0.25, 0.3) is 0 Å². The van der Waals surface area contributed by atoms with Crippen LogP contribution in [0.4, 0.5) is 4.79 Å². The molecule has 2 heterocycles. The number of carbonyl (C=O) groups excluding carboxylic acids is 4. The van der Waals surface area contributed by atoms with Gasteiger partial charge in [-0.25, -0.2) is 9.59 Å². The van der Waals surface area contributed by atoms with Crippen LogP contribution in [-0.2, 0) is 14.3 Å². The number of aromatic nitrogens is 1. The summed E-state index contributed by atoms with van der Waals surface area (Å²) in [5, 5.41) is 14.3. The lowest BCUT2D eigenvalue weighted by Crippen LogP contribution is -2.52. The molecule has 10 heteroatoms. The number of rotatable bonds is 4. The van der Waals surface area contributed by atoms with E-state index in [1.165, 1.54) is 12.1 Å². The van der Waals surface area contributed by atoms with Gasteiger partial charge in [0.25, 0.3) is 11.8 Å². The Morgan fingerprint density at radius 2 is 1.96 bits per heavy atom. The van der Waals surface area contributed by atoms with Gasteiger partial charge in [-0.1, -0.05) is 6.92 Å². The monoisotopic (exact) mass is 376 g/mol. The van der Waals surface area contributed by atoms with Crippen LogP contribution in [0.5, 0.6) is 0 Å². The van der Waals surface area contributed by atoms with Crippen molar-refractivity contribution in [2.45, 2.75) is 38.1 Å². The van der Waals surface area contributed by atoms with Crippen LogP contribution in [-0.4, -0.2) is 41.0 Å². The molecular weight excluding hydrogens is 356 g/mol. The second-order valence-corrected chi connectivity index (χ2v) is 6.89. The Labute approximate surface area is 155 Å². The van der Waals surface area contributed by atoms with E-state index in [1.54, 1.807) is 0 Å². The summed E-state index contributed by atoms with van der Waals surface area (Å²) in [6, 6.07) is 1.80. The number of imide groups is 1. The number of ether oxygens (including phenoxy) is 1. The van der Waals surface area contributed by atoms with Crippen LogP contribution in [0.2, 0.25) is 0 Å². The van der Waals surface area contributed by atoms with E-state index < -0.39 is 36.0 Å². The van der Waals surface area contributed by atoms with Gasteiger partial charge < -0.3 is 15.3 Å². The molecular formula is C17H20N4O6. The first kappa shape index (κ1) is 18.6. The highest BCUT2D eigenvalue weighted by Crippen LogP contribution is 2.35. The highest BCUT2D eigenvalue weighted by Gasteiger charge is 2.52. The van der Waals surface area contributed by atoms with Crippen molar-refractivity contribution < 1.29 is 28.6 Å². The average Bonchev–Trinajstić information content (AvgIpc) is 2.87. The summed E-state index contributed by atoms with van der Waals surface area (Å²) in [4.78, 5) is 48.5. The van der Waals surface area contributed by atoms with Crippen LogP contribution in [0.3, 0.4) is 0 Å². The van der Waals surface area contributed by atoms with E-state index in [9.17, 15) is 24.4 Å². The van der Waals surface area contributed by atoms with Crippen molar-refractivity contribution in [1.29, 1.82) is 0 Å². The summed E-state index contributed by atoms with van der Waals surface area (Å²) in [5.74, 6) is -1.64. The predicted molar refractivity (Wildman–Crippen MR) is 89.6 cm³/mol. The Kier molecular flexibility index (Phi) is 4.98. The van der Waals surface area contributed by atoms with Gasteiger partial charge in [-0.3, -0.25) is 15.0 Å². The zero-order chi connectivity index (χ0) is 19.6. The molecule has 10 nitrogen and oxygen atoms in total. The standard InChI is InChI=1S/C17H20N4O6/c1-11-2-6-17(7-3-11)15(24)21(16(25)18-17)19-13(22)10-27-14(23)12-4-8-20(26)9-5-12/h4-5,8-9,11H,2-3,6-7,10H2,1H3,(H,18,25)(H,19,22). The van der Waals surface area contributed by atoms with Crippen LogP contribution in [0.15, 0.2) is 24.5 Å². The number of hydrogen-bond donors (Lipinski definition) is 2. The number of hydrogen-bond acceptors (Lipinski definition) is 6. The maximum atomic E-state index is 12.6. The molecule has 144 valence electrons. The molecule has 0 radical (unpaired) electrons. The number of esters is 1. The van der Waals surface area contributed by atoms with E-state index in [1.807, 2.05) is 0 Å². The smallest absolute Gasteiger partial charge is 0.344 e. The maximum Gasteiger partial charge on any atom is 0.344 e. The van der Waals surface area contributed by atoms with Crippen LogP contribution < -0.4 is 15.5 Å². The maximum absolute atomic E-state index is 12.6. The number of nitrogens with one attached hydrogen (secondary N) is 2. The molecule has 1 aromatic heterocycles. The molecule has 1 aliphatic carbocycles. The minimum atomic E-state index is -0.967. The fourth-order valence-electron chi connectivity index (χ4n) is 3.24. The summed E-state index contributed by atoms with van der Waals surface area (Å²) in [7, 11) is 0. The number of pyridine rings is 1. The second-order valence-electron chi connectivity index (χ2n) is 6.89. The van der Waals surface area contributed by atoms with Gasteiger partial charge in [0.1, 0.15) is 5.54 Å². The lowest BCUT2D eigenvalue weighted by molar-refractivity contribution is -0.605. The van der Waals surface area contributed by atoms with Crippen LogP contribution in [0.1, 0.15) is 43.0 Å². The third kappa shape index (κ3) is 3.83. The molecule has 0 bridgehead atoms. The number of carbonyl (C=O) groups is 4. The number of amides is 4. The SMILES string of the molecule is CC1CCC2(CC1)NC(=O)N(NC(=O)COC(=O)c1cc[n+]([O-])cc1)C2=O. The van der Waals surface area contributed by atoms with Crippen molar-refractivity contribution >= 4 is 23.8 Å². The Morgan fingerprint density at radius 1 is 1.33 bits per heavy atom. The summed E-state index contributed by atoms with van der Waals surface area (Å²) in [6.07, 6.45) is 4.90. The molecule has 0 aromatic carbocycles. The molecule has 0 unspecified atom stereocenters. The van der Waals surface area contributed by atoms with E-state index in [4.69, 9.17) is 4.74 Å². The van der Waals surface area contributed by atoms with Gasteiger partial charge in [0, 0.05) is 12.1 Å². The molecule has 2 N–H and O–H groups in total. The number of urea groups is 1. The lowest BCUT2D eigenvalue weighted by atomic mass is 9.77. The molecule has 1 saturated heterocycles. The van der Waals surface area contributed by atoms with Gasteiger partial charge in [-0.05, 0) is 31.6 Å². The summed E-state index contributed by atoms with van der Waals surface area (Å²) in [5.41, 5.74) is 1.31. The third-order valence-corrected chi connectivity index (χ3v) is 4.90. The van der Waals surface area contributed by atoms with E-state index in [0.717, 1.165) is 25.2 Å². The van der Waals surface area contributed by atoms with Crippen molar-refractivity contribution in [3.63, 3.8) is 0 Å². The van der Waals surface area contributed by atoms with E-state index >= 15 is 0 Å². The van der Waals surface area contributed by atoms with Gasteiger partial charge >= 0.3 is 12.0 Å². The van der Waals surface area contributed by atoms with Crippen molar-refractivity contribution in [3.8, 4) is 0 Å². The largest absolute Gasteiger partial charge is 0.619 e. The number of nitrogens with zero attached hydrogens (tertiary/aromatic N) is 2. The first-order valence-electron chi connectivity index (χ1n) is 8.63. The highest BCUT2D eigenvalue weighted by molar-refractivity contribution is 6.08. The minimum Gasteiger partial charge on any atom is -0.619 e. The van der Waals surface area contributed by atoms with Crippen molar-refractivity contribution in [3.05, 3.63) is 35.3 Å². The molecule has 3 rings (SSSR count). The van der Waals surface area contributed by atoms with Crippen molar-refractivity contribution in [2.24, 2.45) is 5.92 Å². The van der Waals surface area contributed by atoms with Crippen LogP contribution >= 0.6 is 0 Å². The molecule has 1 saturated carbocycles. The second kappa shape index (κ2) is 7.22. The Balaban J connectivity index is 1.54. The zero-order valence-corrected chi connectivity index (χ0v) is 14.8. The van der Waals surface area contributed by atoms with Gasteiger partial charge in [0.2, 0.25) is 0 Å². The van der Waals surface area contributed by atoms with Crippen molar-refractivity contribution in [2.75, 3.05) is 6.61 Å². The van der Waals surface area contributed by atoms with Gasteiger partial charge in [0.05, 0.1) is 5.56 Å². The highest BCUT2D eigenvalue weighted by atomic mass is 16.5. The van der Waals surface area contributed by atoms with Gasteiger partial charge in [-0.2, -0.15) is 9.74 Å². The molecule has 2 aliphatic rings. The van der Waals surface area contributed by atoms with E-state index in [-0.39, 0.29) is 5.56 Å². The zero-order valence-electron chi connectivity index (χ0n) is 14.8. The Hall–Kier alpha value is -3.17. The fourth-order valence-corrected chi connectivity index (χ4v) is 3.24. The summed E-state index contributed by atoms with van der Waals surface area (Å²) >= 11 is 0. The van der Waals surface area contributed by atoms with E-state index in [2.05, 4.69) is 17.7 Å². The molecule has 4 amide bonds. The topological polar surface area (TPSA) is 132 Å². The van der Waals surface area contributed by atoms with Gasteiger partial charge in [-0.15, -0.1) is 0 Å². The quantitative estimate of drug-likeness (QED) is 0.329. The van der Waals surface area contributed by atoms with Gasteiger partial charge in [0.15, 0.2) is 19.0 Å². The minimum absolute atomic E-state index is 0.0974. The summed E-state index contributed by atoms with van der Waals surface area (Å²) in [6.45, 7) is 1.41. The molecule has 0 atom stereocenters. The number of hydrazine groups is 1. The first-order valence-corrected chi connectivity index (χ1v) is 8.63. The summed E-state index contributed by atoms with van der Waals surface area (Å²) < 4.78 is 5.33. The average molecular weight is 376 g/mol. The van der Waals surface area contributed by atoms with E-state index in [0.29, 0.717) is 28.5 Å². The molecule has 2 fully saturated rings. The molecule has 1 aliphatic heterocycles. The third-order valence-electron chi connectivity index (χ3n) is 4.90. The Bertz CT molecular complexity index is 770. The predicted octanol–water partition coefficient (Wildman–Crippen LogP) is 0.00870. The van der Waals surface area contributed by atoms with Crippen LogP contribution in [0, 0.1) is 11.1 Å². The molecule has 1 spiro atoms.